The van der Waals surface area contributed by atoms with E-state index in [1.807, 2.05) is 18.2 Å². The Morgan fingerprint density at radius 2 is 1.84 bits per heavy atom. The molecule has 3 aromatic carbocycles. The Bertz CT molecular complexity index is 1180. The van der Waals surface area contributed by atoms with Gasteiger partial charge in [-0.3, -0.25) is 0 Å². The summed E-state index contributed by atoms with van der Waals surface area (Å²) in [5.41, 5.74) is 2.52. The van der Waals surface area contributed by atoms with Crippen LogP contribution < -0.4 is 14.2 Å². The van der Waals surface area contributed by atoms with Gasteiger partial charge in [-0.1, -0.05) is 30.3 Å². The van der Waals surface area contributed by atoms with Gasteiger partial charge in [-0.05, 0) is 30.3 Å². The van der Waals surface area contributed by atoms with Crippen LogP contribution in [0.3, 0.4) is 0 Å². The van der Waals surface area contributed by atoms with Crippen LogP contribution in [-0.2, 0) is 0 Å². The number of fused-ring (bicyclic) bond motifs is 3. The number of ether oxygens (including phenoxy) is 3. The zero-order chi connectivity index (χ0) is 21.5. The maximum absolute atomic E-state index is 14.7. The molecule has 2 heterocycles. The Labute approximate surface area is 179 Å². The van der Waals surface area contributed by atoms with Gasteiger partial charge in [-0.25, -0.2) is 9.40 Å². The maximum Gasteiger partial charge on any atom is 0.216 e. The summed E-state index contributed by atoms with van der Waals surface area (Å²) in [5.74, 6) is 1.50. The van der Waals surface area contributed by atoms with Crippen LogP contribution in [0.5, 0.6) is 23.0 Å². The Morgan fingerprint density at radius 3 is 2.61 bits per heavy atom. The molecule has 2 atom stereocenters. The molecule has 158 valence electrons. The number of aromatic hydroxyl groups is 1. The summed E-state index contributed by atoms with van der Waals surface area (Å²) in [7, 11) is 3.15. The largest absolute Gasteiger partial charge is 0.507 e. The smallest absolute Gasteiger partial charge is 0.216 e. The summed E-state index contributed by atoms with van der Waals surface area (Å²) in [6.07, 6.45) is -0.268. The molecule has 0 unspecified atom stereocenters. The molecule has 0 saturated carbocycles. The molecule has 2 aliphatic heterocycles. The molecule has 6 nitrogen and oxygen atoms in total. The first kappa shape index (κ1) is 19.2. The molecule has 0 amide bonds. The van der Waals surface area contributed by atoms with E-state index in [1.165, 1.54) is 6.07 Å². The molecule has 0 saturated heterocycles. The van der Waals surface area contributed by atoms with E-state index in [-0.39, 0.29) is 17.6 Å². The van der Waals surface area contributed by atoms with E-state index < -0.39 is 6.23 Å². The van der Waals surface area contributed by atoms with Crippen LogP contribution in [0.2, 0.25) is 0 Å². The molecule has 5 rings (SSSR count). The van der Waals surface area contributed by atoms with Gasteiger partial charge in [0.15, 0.2) is 11.5 Å². The van der Waals surface area contributed by atoms with Crippen LogP contribution in [0.15, 0.2) is 65.8 Å². The van der Waals surface area contributed by atoms with Gasteiger partial charge in [-0.2, -0.15) is 5.10 Å². The molecule has 31 heavy (non-hydrogen) atoms. The van der Waals surface area contributed by atoms with Crippen LogP contribution in [0, 0.1) is 5.82 Å². The lowest BCUT2D eigenvalue weighted by Crippen LogP contribution is -2.34. The van der Waals surface area contributed by atoms with Crippen molar-refractivity contribution >= 4 is 5.71 Å². The van der Waals surface area contributed by atoms with Crippen LogP contribution >= 0.6 is 0 Å². The third-order valence-corrected chi connectivity index (χ3v) is 5.69. The zero-order valence-electron chi connectivity index (χ0n) is 17.1. The van der Waals surface area contributed by atoms with E-state index in [9.17, 15) is 9.50 Å². The predicted octanol–water partition coefficient (Wildman–Crippen LogP) is 4.79. The lowest BCUT2D eigenvalue weighted by atomic mass is 9.95. The standard InChI is InChI=1S/C24H21FN2O4/c1-29-14-10-11-21(28)17(12-14)19-13-20-16-7-5-9-22(30-2)23(16)31-24(27(20)26-19)15-6-3-4-8-18(15)25/h3-12,20,24,28H,13H2,1-2H3/t20-,24+/m1/s1. The predicted molar refractivity (Wildman–Crippen MR) is 113 cm³/mol. The van der Waals surface area contributed by atoms with Gasteiger partial charge in [-0.15, -0.1) is 0 Å². The minimum absolute atomic E-state index is 0.105. The fourth-order valence-electron chi connectivity index (χ4n) is 4.16. The highest BCUT2D eigenvalue weighted by atomic mass is 19.1. The molecule has 0 spiro atoms. The number of rotatable bonds is 4. The Morgan fingerprint density at radius 1 is 1.03 bits per heavy atom. The van der Waals surface area contributed by atoms with Gasteiger partial charge in [0.05, 0.1) is 31.5 Å². The first-order valence-electron chi connectivity index (χ1n) is 9.92. The molecular weight excluding hydrogens is 399 g/mol. The highest BCUT2D eigenvalue weighted by Gasteiger charge is 2.43. The number of methoxy groups -OCH3 is 2. The average molecular weight is 420 g/mol. The first-order valence-corrected chi connectivity index (χ1v) is 9.92. The monoisotopic (exact) mass is 420 g/mol. The number of halogens is 1. The lowest BCUT2D eigenvalue weighted by Gasteiger charge is -2.38. The fourth-order valence-corrected chi connectivity index (χ4v) is 4.16. The number of benzene rings is 3. The van der Waals surface area contributed by atoms with Crippen molar-refractivity contribution in [2.24, 2.45) is 5.10 Å². The summed E-state index contributed by atoms with van der Waals surface area (Å²) in [4.78, 5) is 0. The van der Waals surface area contributed by atoms with E-state index >= 15 is 0 Å². The van der Waals surface area contributed by atoms with E-state index in [0.717, 1.165) is 5.56 Å². The molecular formula is C24H21FN2O4. The quantitative estimate of drug-likeness (QED) is 0.658. The highest BCUT2D eigenvalue weighted by Crippen LogP contribution is 2.51. The SMILES string of the molecule is COc1ccc(O)c(C2=NN3[C@H](C2)c2cccc(OC)c2O[C@H]3c2ccccc2F)c1. The fraction of sp³-hybridized carbons (Fsp3) is 0.208. The van der Waals surface area contributed by atoms with E-state index in [2.05, 4.69) is 0 Å². The Kier molecular flexibility index (Phi) is 4.66. The number of hydrazone groups is 1. The molecule has 2 aliphatic rings. The van der Waals surface area contributed by atoms with Gasteiger partial charge in [0.25, 0.3) is 0 Å². The average Bonchev–Trinajstić information content (AvgIpc) is 3.24. The molecule has 0 aliphatic carbocycles. The van der Waals surface area contributed by atoms with Crippen molar-refractivity contribution in [2.45, 2.75) is 18.7 Å². The summed E-state index contributed by atoms with van der Waals surface area (Å²) < 4.78 is 31.8. The summed E-state index contributed by atoms with van der Waals surface area (Å²) in [6, 6.07) is 17.0. The number of nitrogens with zero attached hydrogens (tertiary/aromatic N) is 2. The molecule has 3 aromatic rings. The van der Waals surface area contributed by atoms with Crippen molar-refractivity contribution in [3.05, 3.63) is 83.2 Å². The Hall–Kier alpha value is -3.74. The van der Waals surface area contributed by atoms with Crippen LogP contribution in [-0.4, -0.2) is 30.0 Å². The van der Waals surface area contributed by atoms with Crippen molar-refractivity contribution in [2.75, 3.05) is 14.2 Å². The minimum Gasteiger partial charge on any atom is -0.507 e. The molecule has 0 bridgehead atoms. The second-order valence-electron chi connectivity index (χ2n) is 7.40. The number of para-hydroxylation sites is 1. The third kappa shape index (κ3) is 3.13. The lowest BCUT2D eigenvalue weighted by molar-refractivity contribution is -0.0230. The minimum atomic E-state index is -0.778. The van der Waals surface area contributed by atoms with Crippen molar-refractivity contribution in [3.63, 3.8) is 0 Å². The topological polar surface area (TPSA) is 63.5 Å². The van der Waals surface area contributed by atoms with Crippen molar-refractivity contribution in [3.8, 4) is 23.0 Å². The molecule has 1 N–H and O–H groups in total. The van der Waals surface area contributed by atoms with E-state index in [4.69, 9.17) is 19.3 Å². The molecule has 0 radical (unpaired) electrons. The summed E-state index contributed by atoms with van der Waals surface area (Å²) >= 11 is 0. The first-order chi connectivity index (χ1) is 15.1. The summed E-state index contributed by atoms with van der Waals surface area (Å²) in [5, 5.41) is 17.0. The maximum atomic E-state index is 14.7. The number of hydrogen-bond donors (Lipinski definition) is 1. The van der Waals surface area contributed by atoms with Crippen LogP contribution in [0.25, 0.3) is 0 Å². The molecule has 0 fully saturated rings. The van der Waals surface area contributed by atoms with Crippen molar-refractivity contribution < 1.29 is 23.7 Å². The Balaban J connectivity index is 1.65. The van der Waals surface area contributed by atoms with Crippen LogP contribution in [0.4, 0.5) is 4.39 Å². The van der Waals surface area contributed by atoms with Gasteiger partial charge in [0.1, 0.15) is 17.3 Å². The number of hydrogen-bond acceptors (Lipinski definition) is 6. The van der Waals surface area contributed by atoms with E-state index in [0.29, 0.717) is 40.5 Å². The molecule has 0 aromatic heterocycles. The zero-order valence-corrected chi connectivity index (χ0v) is 17.1. The second kappa shape index (κ2) is 7.50. The summed E-state index contributed by atoms with van der Waals surface area (Å²) in [6.45, 7) is 0. The number of phenolic OH excluding ortho intramolecular Hbond substituents is 1. The van der Waals surface area contributed by atoms with Gasteiger partial charge < -0.3 is 19.3 Å². The van der Waals surface area contributed by atoms with Crippen molar-refractivity contribution in [1.29, 1.82) is 0 Å². The normalized spacial score (nSPS) is 19.2. The number of phenols is 1. The van der Waals surface area contributed by atoms with Gasteiger partial charge in [0.2, 0.25) is 6.23 Å². The van der Waals surface area contributed by atoms with E-state index in [1.54, 1.807) is 55.6 Å². The van der Waals surface area contributed by atoms with Gasteiger partial charge >= 0.3 is 0 Å². The second-order valence-corrected chi connectivity index (χ2v) is 7.40. The van der Waals surface area contributed by atoms with Crippen molar-refractivity contribution in [1.82, 2.24) is 5.01 Å². The van der Waals surface area contributed by atoms with Gasteiger partial charge in [0, 0.05) is 17.5 Å². The molecule has 7 heteroatoms. The highest BCUT2D eigenvalue weighted by molar-refractivity contribution is 6.04. The van der Waals surface area contributed by atoms with Crippen LogP contribution in [0.1, 0.15) is 35.4 Å². The third-order valence-electron chi connectivity index (χ3n) is 5.69.